The van der Waals surface area contributed by atoms with E-state index in [0.717, 1.165) is 19.4 Å². The van der Waals surface area contributed by atoms with Crippen LogP contribution in [0.1, 0.15) is 25.5 Å². The van der Waals surface area contributed by atoms with Crippen molar-refractivity contribution in [3.63, 3.8) is 0 Å². The molecule has 0 saturated heterocycles. The van der Waals surface area contributed by atoms with E-state index in [9.17, 15) is 4.79 Å². The number of nitrogens with one attached hydrogen (secondary N) is 1. The van der Waals surface area contributed by atoms with Gasteiger partial charge in [-0.05, 0) is 13.3 Å². The zero-order chi connectivity index (χ0) is 9.68. The van der Waals surface area contributed by atoms with Crippen LogP contribution in [-0.4, -0.2) is 11.5 Å². The smallest absolute Gasteiger partial charge is 0.298 e. The van der Waals surface area contributed by atoms with Crippen molar-refractivity contribution in [1.82, 2.24) is 4.98 Å². The topological polar surface area (TPSA) is 55.1 Å². The Morgan fingerprint density at radius 2 is 2.38 bits per heavy atom. The fraction of sp³-hybridized carbons (Fsp3) is 0.556. The summed E-state index contributed by atoms with van der Waals surface area (Å²) in [6.07, 6.45) is 2.14. The minimum Gasteiger partial charge on any atom is -0.430 e. The van der Waals surface area contributed by atoms with E-state index in [2.05, 4.69) is 17.2 Å². The number of unbranched alkanes of at least 4 members (excludes halogenated alkanes) is 1. The molecule has 0 aliphatic carbocycles. The Hall–Kier alpha value is -1.32. The predicted molar refractivity (Wildman–Crippen MR) is 50.9 cm³/mol. The zero-order valence-electron chi connectivity index (χ0n) is 7.96. The predicted octanol–water partition coefficient (Wildman–Crippen LogP) is 1.56. The van der Waals surface area contributed by atoms with Crippen LogP contribution in [0.4, 0.5) is 6.01 Å². The molecule has 1 rings (SSSR count). The monoisotopic (exact) mass is 182 g/mol. The van der Waals surface area contributed by atoms with Crippen molar-refractivity contribution in [2.45, 2.75) is 26.7 Å². The van der Waals surface area contributed by atoms with E-state index in [4.69, 9.17) is 4.42 Å². The third-order valence-electron chi connectivity index (χ3n) is 1.60. The largest absolute Gasteiger partial charge is 0.430 e. The summed E-state index contributed by atoms with van der Waals surface area (Å²) in [6, 6.07) is 1.68. The van der Waals surface area contributed by atoms with Crippen molar-refractivity contribution >= 4 is 6.01 Å². The van der Waals surface area contributed by atoms with Crippen LogP contribution >= 0.6 is 0 Å². The number of aryl methyl sites for hydroxylation is 1. The highest BCUT2D eigenvalue weighted by Crippen LogP contribution is 2.02. The minimum atomic E-state index is -0.261. The summed E-state index contributed by atoms with van der Waals surface area (Å²) in [6.45, 7) is 4.62. The number of rotatable bonds is 4. The van der Waals surface area contributed by atoms with Gasteiger partial charge in [-0.25, -0.2) is 0 Å². The normalized spacial score (nSPS) is 10.0. The zero-order valence-corrected chi connectivity index (χ0v) is 7.96. The maximum absolute atomic E-state index is 10.9. The molecule has 0 aliphatic heterocycles. The van der Waals surface area contributed by atoms with Crippen molar-refractivity contribution < 1.29 is 4.42 Å². The summed E-state index contributed by atoms with van der Waals surface area (Å²) < 4.78 is 5.18. The van der Waals surface area contributed by atoms with Crippen molar-refractivity contribution in [3.8, 4) is 0 Å². The molecule has 0 aromatic carbocycles. The molecule has 0 amide bonds. The fourth-order valence-electron chi connectivity index (χ4n) is 0.959. The lowest BCUT2D eigenvalue weighted by molar-refractivity contribution is 0.507. The van der Waals surface area contributed by atoms with Gasteiger partial charge in [-0.2, -0.15) is 4.98 Å². The first-order valence-electron chi connectivity index (χ1n) is 4.45. The van der Waals surface area contributed by atoms with Crippen molar-refractivity contribution in [1.29, 1.82) is 0 Å². The molecule has 4 heteroatoms. The van der Waals surface area contributed by atoms with Gasteiger partial charge in [0, 0.05) is 12.6 Å². The number of aromatic nitrogens is 1. The molecule has 1 aromatic rings. The van der Waals surface area contributed by atoms with E-state index in [0.29, 0.717) is 11.8 Å². The molecule has 72 valence electrons. The number of hydrogen-bond acceptors (Lipinski definition) is 4. The first kappa shape index (κ1) is 9.77. The van der Waals surface area contributed by atoms with E-state index < -0.39 is 0 Å². The first-order chi connectivity index (χ1) is 6.22. The minimum absolute atomic E-state index is 0.261. The number of nitrogens with zero attached hydrogens (tertiary/aromatic N) is 1. The molecule has 4 nitrogen and oxygen atoms in total. The molecule has 0 atom stereocenters. The lowest BCUT2D eigenvalue weighted by Gasteiger charge is -2.02. The average molecular weight is 182 g/mol. The van der Waals surface area contributed by atoms with Crippen molar-refractivity contribution in [2.24, 2.45) is 0 Å². The molecular formula is C9H14N2O2. The lowest BCUT2D eigenvalue weighted by Crippen LogP contribution is -2.10. The van der Waals surface area contributed by atoms with Crippen LogP contribution in [-0.2, 0) is 0 Å². The van der Waals surface area contributed by atoms with Crippen LogP contribution in [0, 0.1) is 6.92 Å². The van der Waals surface area contributed by atoms with Gasteiger partial charge in [0.1, 0.15) is 5.76 Å². The number of anilines is 1. The maximum Gasteiger partial charge on any atom is 0.298 e. The van der Waals surface area contributed by atoms with Crippen molar-refractivity contribution in [2.75, 3.05) is 11.9 Å². The van der Waals surface area contributed by atoms with Gasteiger partial charge in [0.2, 0.25) is 0 Å². The van der Waals surface area contributed by atoms with E-state index >= 15 is 0 Å². The second-order valence-corrected chi connectivity index (χ2v) is 2.89. The van der Waals surface area contributed by atoms with Crippen molar-refractivity contribution in [3.05, 3.63) is 22.2 Å². The highest BCUT2D eigenvalue weighted by molar-refractivity contribution is 5.18. The SMILES string of the molecule is CCCCNc1nc(=O)cc(C)o1. The van der Waals surface area contributed by atoms with Gasteiger partial charge in [-0.3, -0.25) is 4.79 Å². The molecule has 0 fully saturated rings. The maximum atomic E-state index is 10.9. The molecule has 0 unspecified atom stereocenters. The molecule has 1 heterocycles. The highest BCUT2D eigenvalue weighted by atomic mass is 16.4. The second-order valence-electron chi connectivity index (χ2n) is 2.89. The van der Waals surface area contributed by atoms with E-state index in [1.807, 2.05) is 0 Å². The molecule has 0 bridgehead atoms. The van der Waals surface area contributed by atoms with Crippen LogP contribution in [0.2, 0.25) is 0 Å². The Morgan fingerprint density at radius 3 is 3.00 bits per heavy atom. The van der Waals surface area contributed by atoms with Gasteiger partial charge < -0.3 is 9.73 Å². The van der Waals surface area contributed by atoms with E-state index in [1.54, 1.807) is 6.92 Å². The Bertz CT molecular complexity index is 320. The summed E-state index contributed by atoms with van der Waals surface area (Å²) in [5, 5.41) is 2.95. The molecule has 1 N–H and O–H groups in total. The average Bonchev–Trinajstić information content (AvgIpc) is 2.03. The van der Waals surface area contributed by atoms with Crippen LogP contribution < -0.4 is 10.9 Å². The Kier molecular flexibility index (Phi) is 3.49. The molecule has 0 aliphatic rings. The quantitative estimate of drug-likeness (QED) is 0.718. The first-order valence-corrected chi connectivity index (χ1v) is 4.45. The number of hydrogen-bond donors (Lipinski definition) is 1. The fourth-order valence-corrected chi connectivity index (χ4v) is 0.959. The van der Waals surface area contributed by atoms with E-state index in [1.165, 1.54) is 6.07 Å². The lowest BCUT2D eigenvalue weighted by atomic mass is 10.3. The molecule has 0 radical (unpaired) electrons. The summed E-state index contributed by atoms with van der Waals surface area (Å²) >= 11 is 0. The van der Waals surface area contributed by atoms with Gasteiger partial charge in [0.05, 0.1) is 0 Å². The Labute approximate surface area is 77.0 Å². The summed E-state index contributed by atoms with van der Waals surface area (Å²) in [5.74, 6) is 0.582. The van der Waals surface area contributed by atoms with Gasteiger partial charge in [-0.15, -0.1) is 0 Å². The Morgan fingerprint density at radius 1 is 1.62 bits per heavy atom. The standard InChI is InChI=1S/C9H14N2O2/c1-3-4-5-10-9-11-8(12)6-7(2)13-9/h6H,3-5H2,1-2H3,(H,10,11,12). The summed E-state index contributed by atoms with van der Waals surface area (Å²) in [7, 11) is 0. The summed E-state index contributed by atoms with van der Waals surface area (Å²) in [5.41, 5.74) is -0.261. The molecule has 0 saturated carbocycles. The van der Waals surface area contributed by atoms with Crippen LogP contribution in [0.25, 0.3) is 0 Å². The van der Waals surface area contributed by atoms with Gasteiger partial charge in [-0.1, -0.05) is 13.3 Å². The van der Waals surface area contributed by atoms with Crippen LogP contribution in [0.5, 0.6) is 0 Å². The molecule has 13 heavy (non-hydrogen) atoms. The van der Waals surface area contributed by atoms with Crippen LogP contribution in [0.15, 0.2) is 15.3 Å². The highest BCUT2D eigenvalue weighted by Gasteiger charge is 1.98. The van der Waals surface area contributed by atoms with Gasteiger partial charge in [0.25, 0.3) is 11.6 Å². The van der Waals surface area contributed by atoms with Gasteiger partial charge >= 0.3 is 0 Å². The molecule has 0 spiro atoms. The Balaban J connectivity index is 2.61. The van der Waals surface area contributed by atoms with Gasteiger partial charge in [0.15, 0.2) is 0 Å². The third-order valence-corrected chi connectivity index (χ3v) is 1.60. The molecule has 1 aromatic heterocycles. The third kappa shape index (κ3) is 3.27. The second kappa shape index (κ2) is 4.64. The molecular weight excluding hydrogens is 168 g/mol. The van der Waals surface area contributed by atoms with E-state index in [-0.39, 0.29) is 5.56 Å². The summed E-state index contributed by atoms with van der Waals surface area (Å²) in [4.78, 5) is 14.6. The van der Waals surface area contributed by atoms with Crippen LogP contribution in [0.3, 0.4) is 0 Å².